The van der Waals surface area contributed by atoms with Crippen molar-refractivity contribution >= 4 is 5.91 Å². The number of aliphatic hydroxyl groups is 1. The summed E-state index contributed by atoms with van der Waals surface area (Å²) in [6, 6.07) is 0. The van der Waals surface area contributed by atoms with Gasteiger partial charge in [-0.3, -0.25) is 4.79 Å². The van der Waals surface area contributed by atoms with E-state index in [0.29, 0.717) is 13.0 Å². The Kier molecular flexibility index (Phi) is 3.73. The number of hydrogen-bond donors (Lipinski definition) is 3. The van der Waals surface area contributed by atoms with Crippen molar-refractivity contribution in [3.8, 4) is 0 Å². The zero-order chi connectivity index (χ0) is 11.3. The van der Waals surface area contributed by atoms with Gasteiger partial charge in [0, 0.05) is 13.2 Å². The van der Waals surface area contributed by atoms with Crippen LogP contribution in [0.3, 0.4) is 0 Å². The lowest BCUT2D eigenvalue weighted by atomic mass is 9.90. The average molecular weight is 213 g/mol. The molecule has 7 heteroatoms. The second kappa shape index (κ2) is 4.83. The van der Waals surface area contributed by atoms with E-state index in [-0.39, 0.29) is 23.8 Å². The Morgan fingerprint density at radius 3 is 2.87 bits per heavy atom. The summed E-state index contributed by atoms with van der Waals surface area (Å²) in [4.78, 5) is 11.4. The monoisotopic (exact) mass is 213 g/mol. The molecule has 0 atom stereocenters. The summed E-state index contributed by atoms with van der Waals surface area (Å²) in [5.41, 5.74) is -0.145. The Morgan fingerprint density at radius 1 is 1.60 bits per heavy atom. The fourth-order valence-corrected chi connectivity index (χ4v) is 1.05. The molecule has 1 amide bonds. The van der Waals surface area contributed by atoms with Gasteiger partial charge in [-0.2, -0.15) is 5.21 Å². The molecule has 0 unspecified atom stereocenters. The predicted octanol–water partition coefficient (Wildman–Crippen LogP) is -0.662. The molecular formula is C8H15N5O2. The Labute approximate surface area is 87.3 Å². The smallest absolute Gasteiger partial charge is 0.292 e. The number of aliphatic hydroxyl groups excluding tert-OH is 1. The first-order valence-electron chi connectivity index (χ1n) is 4.68. The normalized spacial score (nSPS) is 11.4. The molecule has 1 aromatic heterocycles. The summed E-state index contributed by atoms with van der Waals surface area (Å²) < 4.78 is 0. The lowest BCUT2D eigenvalue weighted by molar-refractivity contribution is 0.0918. The number of aromatic nitrogens is 4. The highest BCUT2D eigenvalue weighted by molar-refractivity contribution is 5.90. The third kappa shape index (κ3) is 3.62. The van der Waals surface area contributed by atoms with E-state index in [1.807, 2.05) is 13.8 Å². The molecule has 15 heavy (non-hydrogen) atoms. The number of H-pyrrole nitrogens is 1. The number of carbonyl (C=O) groups is 1. The van der Waals surface area contributed by atoms with Crippen LogP contribution in [0.15, 0.2) is 0 Å². The minimum absolute atomic E-state index is 0.0230. The molecule has 0 saturated heterocycles. The van der Waals surface area contributed by atoms with Crippen LogP contribution in [0.4, 0.5) is 0 Å². The second-order valence-electron chi connectivity index (χ2n) is 4.06. The molecule has 0 aliphatic rings. The van der Waals surface area contributed by atoms with Crippen LogP contribution in [0.5, 0.6) is 0 Å². The maximum Gasteiger partial charge on any atom is 0.292 e. The minimum atomic E-state index is -0.366. The van der Waals surface area contributed by atoms with Crippen LogP contribution in [0, 0.1) is 5.41 Å². The molecule has 0 aliphatic heterocycles. The Morgan fingerprint density at radius 2 is 2.33 bits per heavy atom. The van der Waals surface area contributed by atoms with Gasteiger partial charge in [-0.15, -0.1) is 10.2 Å². The Bertz CT molecular complexity index is 309. The molecule has 84 valence electrons. The number of carbonyl (C=O) groups excluding carboxylic acids is 1. The molecule has 0 saturated carbocycles. The van der Waals surface area contributed by atoms with Gasteiger partial charge >= 0.3 is 0 Å². The largest absolute Gasteiger partial charge is 0.396 e. The molecule has 0 aliphatic carbocycles. The molecule has 0 aromatic carbocycles. The van der Waals surface area contributed by atoms with Gasteiger partial charge in [-0.05, 0) is 17.0 Å². The summed E-state index contributed by atoms with van der Waals surface area (Å²) in [6.07, 6.45) is 0.625. The molecule has 0 radical (unpaired) electrons. The van der Waals surface area contributed by atoms with Crippen LogP contribution < -0.4 is 5.32 Å². The average Bonchev–Trinajstić information content (AvgIpc) is 2.67. The van der Waals surface area contributed by atoms with Crippen molar-refractivity contribution in [2.45, 2.75) is 20.3 Å². The lowest BCUT2D eigenvalue weighted by Gasteiger charge is -2.23. The first kappa shape index (κ1) is 11.6. The zero-order valence-corrected chi connectivity index (χ0v) is 8.82. The molecule has 1 rings (SSSR count). The van der Waals surface area contributed by atoms with Crippen LogP contribution in [0.25, 0.3) is 0 Å². The summed E-state index contributed by atoms with van der Waals surface area (Å²) >= 11 is 0. The first-order valence-corrected chi connectivity index (χ1v) is 4.68. The van der Waals surface area contributed by atoms with E-state index in [9.17, 15) is 4.79 Å². The Balaban J connectivity index is 2.40. The van der Waals surface area contributed by atoms with Crippen molar-refractivity contribution < 1.29 is 9.90 Å². The minimum Gasteiger partial charge on any atom is -0.396 e. The SMILES string of the molecule is CC(C)(CCO)CNC(=O)c1nn[nH]n1. The predicted molar refractivity (Wildman–Crippen MR) is 52.0 cm³/mol. The van der Waals surface area contributed by atoms with Crippen LogP contribution in [-0.4, -0.2) is 44.8 Å². The Hall–Kier alpha value is -1.50. The van der Waals surface area contributed by atoms with Crippen molar-refractivity contribution in [1.29, 1.82) is 0 Å². The maximum absolute atomic E-state index is 11.4. The van der Waals surface area contributed by atoms with Gasteiger partial charge in [-0.1, -0.05) is 13.8 Å². The fourth-order valence-electron chi connectivity index (χ4n) is 1.05. The first-order chi connectivity index (χ1) is 7.05. The quantitative estimate of drug-likeness (QED) is 0.602. The van der Waals surface area contributed by atoms with Gasteiger partial charge in [0.25, 0.3) is 11.7 Å². The van der Waals surface area contributed by atoms with Crippen LogP contribution in [-0.2, 0) is 0 Å². The van der Waals surface area contributed by atoms with Gasteiger partial charge in [0.05, 0.1) is 0 Å². The van der Waals surface area contributed by atoms with Gasteiger partial charge < -0.3 is 10.4 Å². The molecule has 3 N–H and O–H groups in total. The molecule has 7 nitrogen and oxygen atoms in total. The maximum atomic E-state index is 11.4. The summed E-state index contributed by atoms with van der Waals surface area (Å²) in [6.45, 7) is 4.48. The van der Waals surface area contributed by atoms with E-state index in [4.69, 9.17) is 5.11 Å². The molecule has 0 spiro atoms. The second-order valence-corrected chi connectivity index (χ2v) is 4.06. The number of aromatic amines is 1. The third-order valence-electron chi connectivity index (χ3n) is 2.06. The number of hydrogen-bond acceptors (Lipinski definition) is 5. The standard InChI is InChI=1S/C8H15N5O2/c1-8(2,3-4-14)5-9-7(15)6-10-12-13-11-6/h14H,3-5H2,1-2H3,(H,9,15)(H,10,11,12,13). The van der Waals surface area contributed by atoms with Gasteiger partial charge in [0.15, 0.2) is 0 Å². The van der Waals surface area contributed by atoms with Crippen LogP contribution in [0.1, 0.15) is 30.9 Å². The molecule has 0 bridgehead atoms. The fraction of sp³-hybridized carbons (Fsp3) is 0.750. The number of amides is 1. The van der Waals surface area contributed by atoms with Gasteiger partial charge in [0.1, 0.15) is 0 Å². The van der Waals surface area contributed by atoms with Gasteiger partial charge in [-0.25, -0.2) is 0 Å². The summed E-state index contributed by atoms with van der Waals surface area (Å²) in [5, 5.41) is 24.1. The van der Waals surface area contributed by atoms with Gasteiger partial charge in [0.2, 0.25) is 0 Å². The summed E-state index contributed by atoms with van der Waals surface area (Å²) in [5.74, 6) is -0.343. The highest BCUT2D eigenvalue weighted by Crippen LogP contribution is 2.17. The highest BCUT2D eigenvalue weighted by atomic mass is 16.3. The van der Waals surface area contributed by atoms with Crippen molar-refractivity contribution in [2.75, 3.05) is 13.2 Å². The van der Waals surface area contributed by atoms with E-state index >= 15 is 0 Å². The highest BCUT2D eigenvalue weighted by Gasteiger charge is 2.19. The van der Waals surface area contributed by atoms with E-state index < -0.39 is 0 Å². The van der Waals surface area contributed by atoms with E-state index in [0.717, 1.165) is 0 Å². The zero-order valence-electron chi connectivity index (χ0n) is 8.82. The van der Waals surface area contributed by atoms with Crippen molar-refractivity contribution in [2.24, 2.45) is 5.41 Å². The molecular weight excluding hydrogens is 198 g/mol. The summed E-state index contributed by atoms with van der Waals surface area (Å²) in [7, 11) is 0. The van der Waals surface area contributed by atoms with E-state index in [1.54, 1.807) is 0 Å². The molecule has 1 aromatic rings. The van der Waals surface area contributed by atoms with Crippen molar-refractivity contribution in [1.82, 2.24) is 25.9 Å². The molecule has 0 fully saturated rings. The third-order valence-corrected chi connectivity index (χ3v) is 2.06. The van der Waals surface area contributed by atoms with E-state index in [2.05, 4.69) is 25.9 Å². The van der Waals surface area contributed by atoms with E-state index in [1.165, 1.54) is 0 Å². The number of tetrazole rings is 1. The van der Waals surface area contributed by atoms with Crippen molar-refractivity contribution in [3.05, 3.63) is 5.82 Å². The van der Waals surface area contributed by atoms with Crippen molar-refractivity contribution in [3.63, 3.8) is 0 Å². The number of nitrogens with zero attached hydrogens (tertiary/aromatic N) is 3. The number of nitrogens with one attached hydrogen (secondary N) is 2. The number of rotatable bonds is 5. The molecule has 1 heterocycles. The topological polar surface area (TPSA) is 104 Å². The lowest BCUT2D eigenvalue weighted by Crippen LogP contribution is -2.35. The van der Waals surface area contributed by atoms with Crippen LogP contribution in [0.2, 0.25) is 0 Å². The van der Waals surface area contributed by atoms with Crippen LogP contribution >= 0.6 is 0 Å².